The molecule has 0 saturated carbocycles. The predicted octanol–water partition coefficient (Wildman–Crippen LogP) is 4.13. The number of allylic oxidation sites excluding steroid dienone is 2. The van der Waals surface area contributed by atoms with Gasteiger partial charge in [-0.05, 0) is 44.2 Å². The highest BCUT2D eigenvalue weighted by atomic mass is 32.2. The Bertz CT molecular complexity index is 894. The van der Waals surface area contributed by atoms with Gasteiger partial charge >= 0.3 is 12.1 Å². The van der Waals surface area contributed by atoms with Crippen molar-refractivity contribution in [1.82, 2.24) is 4.72 Å². The predicted molar refractivity (Wildman–Crippen MR) is 102 cm³/mol. The molecule has 5 nitrogen and oxygen atoms in total. The summed E-state index contributed by atoms with van der Waals surface area (Å²) in [4.78, 5) is 11.9. The van der Waals surface area contributed by atoms with Gasteiger partial charge in [0.2, 0.25) is 15.6 Å². The Balaban J connectivity index is 2.46. The van der Waals surface area contributed by atoms with Crippen molar-refractivity contribution >= 4 is 16.0 Å². The van der Waals surface area contributed by atoms with E-state index in [4.69, 9.17) is 0 Å². The Hall–Kier alpha value is -2.13. The van der Waals surface area contributed by atoms with Crippen molar-refractivity contribution in [2.24, 2.45) is 5.92 Å². The Morgan fingerprint density at radius 2 is 1.90 bits per heavy atom. The van der Waals surface area contributed by atoms with Crippen LogP contribution in [0, 0.1) is 5.92 Å². The molecule has 9 heteroatoms. The number of halogens is 3. The number of sulfonamides is 1. The number of alkyl halides is 3. The molecule has 1 aliphatic rings. The standard InChI is InChI=1S/C20H24F3NO4S/c1-14-9-11-16(12-10-14)15(2)13-19(18(25)28-3,20(21,22)23)24-29(26,27)17-7-5-4-6-8-17/h4-9,16,24H,2,10-13H2,1,3H3/t16-,19-/m1/s1. The largest absolute Gasteiger partial charge is 0.467 e. The number of hydrogen-bond donors (Lipinski definition) is 1. The number of hydrogen-bond acceptors (Lipinski definition) is 4. The molecule has 0 fully saturated rings. The summed E-state index contributed by atoms with van der Waals surface area (Å²) in [7, 11) is -3.88. The molecule has 1 aromatic rings. The van der Waals surface area contributed by atoms with Crippen LogP contribution in [0.25, 0.3) is 0 Å². The van der Waals surface area contributed by atoms with Crippen molar-refractivity contribution in [3.05, 3.63) is 54.1 Å². The molecule has 1 aromatic carbocycles. The van der Waals surface area contributed by atoms with Crippen LogP contribution in [0.15, 0.2) is 59.0 Å². The number of benzene rings is 1. The number of nitrogens with one attached hydrogen (secondary N) is 1. The smallest absolute Gasteiger partial charge is 0.418 e. The third-order valence-corrected chi connectivity index (χ3v) is 6.60. The molecule has 2 atom stereocenters. The molecule has 29 heavy (non-hydrogen) atoms. The van der Waals surface area contributed by atoms with Crippen LogP contribution >= 0.6 is 0 Å². The number of methoxy groups -OCH3 is 1. The maximum atomic E-state index is 14.2. The first-order valence-corrected chi connectivity index (χ1v) is 10.5. The fourth-order valence-electron chi connectivity index (χ4n) is 3.31. The minimum atomic E-state index is -5.24. The van der Waals surface area contributed by atoms with Crippen LogP contribution in [0.3, 0.4) is 0 Å². The van der Waals surface area contributed by atoms with Crippen LogP contribution < -0.4 is 4.72 Å². The van der Waals surface area contributed by atoms with Gasteiger partial charge in [0, 0.05) is 6.42 Å². The van der Waals surface area contributed by atoms with E-state index in [1.54, 1.807) is 4.72 Å². The third-order valence-electron chi connectivity index (χ3n) is 5.09. The lowest BCUT2D eigenvalue weighted by Crippen LogP contribution is -2.64. The fraction of sp³-hybridized carbons (Fsp3) is 0.450. The zero-order chi connectivity index (χ0) is 21.9. The van der Waals surface area contributed by atoms with Crippen LogP contribution in [-0.4, -0.2) is 33.2 Å². The van der Waals surface area contributed by atoms with Crippen LogP contribution in [0.1, 0.15) is 32.6 Å². The van der Waals surface area contributed by atoms with Crippen LogP contribution in [-0.2, 0) is 19.6 Å². The number of rotatable bonds is 7. The molecule has 1 N–H and O–H groups in total. The molecule has 0 saturated heterocycles. The van der Waals surface area contributed by atoms with E-state index in [-0.39, 0.29) is 16.4 Å². The van der Waals surface area contributed by atoms with E-state index in [1.807, 2.05) is 13.0 Å². The van der Waals surface area contributed by atoms with Crippen molar-refractivity contribution in [3.8, 4) is 0 Å². The van der Waals surface area contributed by atoms with Gasteiger partial charge in [-0.1, -0.05) is 42.0 Å². The average molecular weight is 431 g/mol. The number of esters is 1. The van der Waals surface area contributed by atoms with Gasteiger partial charge in [-0.2, -0.15) is 17.9 Å². The Kier molecular flexibility index (Phi) is 6.95. The van der Waals surface area contributed by atoms with Crippen molar-refractivity contribution in [1.29, 1.82) is 0 Å². The highest BCUT2D eigenvalue weighted by Crippen LogP contribution is 2.41. The number of carbonyl (C=O) groups is 1. The Labute approximate surface area is 168 Å². The van der Waals surface area contributed by atoms with Gasteiger partial charge in [-0.25, -0.2) is 13.2 Å². The molecule has 160 valence electrons. The van der Waals surface area contributed by atoms with Crippen molar-refractivity contribution in [3.63, 3.8) is 0 Å². The topological polar surface area (TPSA) is 72.5 Å². The van der Waals surface area contributed by atoms with Gasteiger partial charge in [-0.3, -0.25) is 0 Å². The molecule has 0 aromatic heterocycles. The summed E-state index contributed by atoms with van der Waals surface area (Å²) in [5, 5.41) is 0. The lowest BCUT2D eigenvalue weighted by Gasteiger charge is -2.36. The van der Waals surface area contributed by atoms with Gasteiger partial charge in [0.15, 0.2) is 0 Å². The number of ether oxygens (including phenoxy) is 1. The van der Waals surface area contributed by atoms with Crippen LogP contribution in [0.2, 0.25) is 0 Å². The van der Waals surface area contributed by atoms with Gasteiger partial charge in [0.25, 0.3) is 0 Å². The van der Waals surface area contributed by atoms with Gasteiger partial charge in [0.05, 0.1) is 12.0 Å². The Morgan fingerprint density at radius 3 is 2.38 bits per heavy atom. The molecule has 1 aliphatic carbocycles. The molecular weight excluding hydrogens is 407 g/mol. The summed E-state index contributed by atoms with van der Waals surface area (Å²) in [6.07, 6.45) is -2.48. The van der Waals surface area contributed by atoms with E-state index in [1.165, 1.54) is 18.2 Å². The summed E-state index contributed by atoms with van der Waals surface area (Å²) in [6.45, 7) is 5.68. The van der Waals surface area contributed by atoms with Crippen molar-refractivity contribution < 1.29 is 31.1 Å². The Morgan fingerprint density at radius 1 is 1.28 bits per heavy atom. The average Bonchev–Trinajstić information content (AvgIpc) is 2.66. The molecule has 2 rings (SSSR count). The van der Waals surface area contributed by atoms with E-state index in [0.717, 1.165) is 24.8 Å². The van der Waals surface area contributed by atoms with Crippen LogP contribution in [0.5, 0.6) is 0 Å². The first-order chi connectivity index (χ1) is 13.4. The summed E-state index contributed by atoms with van der Waals surface area (Å²) < 4.78 is 73.8. The second-order valence-corrected chi connectivity index (χ2v) is 8.85. The van der Waals surface area contributed by atoms with E-state index < -0.39 is 34.1 Å². The SMILES string of the molecule is C=C(C[C@@](NS(=O)(=O)c1ccccc1)(C(=O)OC)C(F)(F)F)[C@@H]1CC=C(C)CC1. The first-order valence-electron chi connectivity index (χ1n) is 9.00. The maximum Gasteiger partial charge on any atom is 0.418 e. The summed E-state index contributed by atoms with van der Waals surface area (Å²) in [5.41, 5.74) is -2.19. The monoisotopic (exact) mass is 431 g/mol. The van der Waals surface area contributed by atoms with E-state index >= 15 is 0 Å². The van der Waals surface area contributed by atoms with Gasteiger partial charge in [0.1, 0.15) is 0 Å². The molecule has 0 spiro atoms. The highest BCUT2D eigenvalue weighted by molar-refractivity contribution is 7.89. The van der Waals surface area contributed by atoms with E-state index in [0.29, 0.717) is 19.3 Å². The van der Waals surface area contributed by atoms with E-state index in [9.17, 15) is 26.4 Å². The van der Waals surface area contributed by atoms with Gasteiger partial charge < -0.3 is 4.74 Å². The summed E-state index contributed by atoms with van der Waals surface area (Å²) >= 11 is 0. The zero-order valence-electron chi connectivity index (χ0n) is 16.3. The van der Waals surface area contributed by atoms with Crippen molar-refractivity contribution in [2.45, 2.75) is 49.2 Å². The van der Waals surface area contributed by atoms with Crippen LogP contribution in [0.4, 0.5) is 13.2 Å². The fourth-order valence-corrected chi connectivity index (χ4v) is 4.67. The third kappa shape index (κ3) is 5.08. The second-order valence-electron chi connectivity index (χ2n) is 7.17. The molecule has 0 unspecified atom stereocenters. The minimum absolute atomic E-state index is 0.146. The number of carbonyl (C=O) groups excluding carboxylic acids is 1. The quantitative estimate of drug-likeness (QED) is 0.521. The second kappa shape index (κ2) is 8.71. The zero-order valence-corrected chi connectivity index (χ0v) is 17.1. The maximum absolute atomic E-state index is 14.2. The minimum Gasteiger partial charge on any atom is -0.467 e. The molecule has 0 amide bonds. The molecular formula is C20H24F3NO4S. The van der Waals surface area contributed by atoms with E-state index in [2.05, 4.69) is 11.3 Å². The lowest BCUT2D eigenvalue weighted by atomic mass is 9.79. The molecule has 0 radical (unpaired) electrons. The van der Waals surface area contributed by atoms with Gasteiger partial charge in [-0.15, -0.1) is 0 Å². The normalized spacial score (nSPS) is 19.8. The first kappa shape index (κ1) is 23.2. The summed E-state index contributed by atoms with van der Waals surface area (Å²) in [5.74, 6) is -2.01. The molecule has 0 aliphatic heterocycles. The lowest BCUT2D eigenvalue weighted by molar-refractivity contribution is -0.207. The highest BCUT2D eigenvalue weighted by Gasteiger charge is 2.63. The summed E-state index contributed by atoms with van der Waals surface area (Å²) in [6, 6.07) is 6.56. The molecule has 0 heterocycles. The van der Waals surface area contributed by atoms with Crippen molar-refractivity contribution in [2.75, 3.05) is 7.11 Å². The molecule has 0 bridgehead atoms.